The van der Waals surface area contributed by atoms with E-state index in [1.165, 1.54) is 0 Å². The van der Waals surface area contributed by atoms with Gasteiger partial charge >= 0.3 is 19.5 Å². The van der Waals surface area contributed by atoms with Crippen molar-refractivity contribution in [3.8, 4) is 0 Å². The summed E-state index contributed by atoms with van der Waals surface area (Å²) in [6, 6.07) is 0. The molecule has 0 aliphatic carbocycles. The first-order valence-corrected chi connectivity index (χ1v) is 2.00. The Morgan fingerprint density at radius 3 is 0.692 bits per heavy atom. The Hall–Kier alpha value is 0.213. The van der Waals surface area contributed by atoms with Crippen LogP contribution in [0, 0.1) is 0 Å². The van der Waals surface area contributed by atoms with Gasteiger partial charge in [-0.15, -0.1) is 0 Å². The number of quaternary nitrogens is 1. The minimum absolute atomic E-state index is 0. The average Bonchev–Trinajstić information content (AvgIpc) is 0.722. The third-order valence-corrected chi connectivity index (χ3v) is 0. The molecule has 88 valence electrons. The second-order valence-corrected chi connectivity index (χ2v) is 1.22. The molecule has 0 saturated carbocycles. The normalized spacial score (nSPS) is 4.46. The molecule has 0 aliphatic heterocycles. The maximum Gasteiger partial charge on any atom is 2.00 e. The zero-order chi connectivity index (χ0) is 4.50. The fraction of sp³-hybridized carbons (Fsp3) is 0. The van der Waals surface area contributed by atoms with E-state index >= 15 is 0 Å². The summed E-state index contributed by atoms with van der Waals surface area (Å²) in [6.07, 6.45) is 0. The van der Waals surface area contributed by atoms with Crippen LogP contribution in [0.4, 0.5) is 0 Å². The van der Waals surface area contributed by atoms with Gasteiger partial charge in [-0.05, 0) is 0 Å². The van der Waals surface area contributed by atoms with E-state index in [1.807, 2.05) is 0 Å². The molecule has 0 saturated heterocycles. The zero-order valence-corrected chi connectivity index (χ0v) is 10.5. The van der Waals surface area contributed by atoms with Crippen molar-refractivity contribution in [3.05, 3.63) is 0 Å². The minimum Gasteiger partial charge on any atom is -0.759 e. The Morgan fingerprint density at radius 2 is 0.692 bits per heavy atom. The van der Waals surface area contributed by atoms with Crippen molar-refractivity contribution in [3.63, 3.8) is 0 Å². The van der Waals surface area contributed by atoms with Crippen LogP contribution < -0.4 is 6.15 Å². The van der Waals surface area contributed by atoms with Crippen LogP contribution in [-0.2, 0) is 29.9 Å². The van der Waals surface area contributed by atoms with Gasteiger partial charge in [0.1, 0.15) is 0 Å². The van der Waals surface area contributed by atoms with E-state index in [4.69, 9.17) is 17.5 Å². The van der Waals surface area contributed by atoms with Crippen LogP contribution in [0.15, 0.2) is 0 Å². The molecule has 0 fully saturated rings. The summed E-state index contributed by atoms with van der Waals surface area (Å²) < 4.78 is 34.1. The van der Waals surface area contributed by atoms with E-state index in [-0.39, 0.29) is 58.5 Å². The molecule has 0 aromatic rings. The van der Waals surface area contributed by atoms with Gasteiger partial charge in [-0.2, -0.15) is 0 Å². The molecule has 0 unspecified atom stereocenters. The second-order valence-electron chi connectivity index (χ2n) is 0.408. The Kier molecular flexibility index (Phi) is 340. The first-order chi connectivity index (χ1) is 2.00. The topological polar surface area (TPSA) is 306 Å². The van der Waals surface area contributed by atoms with E-state index in [9.17, 15) is 0 Å². The molecule has 0 bridgehead atoms. The third-order valence-electron chi connectivity index (χ3n) is 0. The van der Waals surface area contributed by atoms with Crippen LogP contribution >= 0.6 is 0 Å². The fourth-order valence-corrected chi connectivity index (χ4v) is 0. The molecule has 13 heteroatoms. The predicted molar refractivity (Wildman–Crippen MR) is 38.1 cm³/mol. The van der Waals surface area contributed by atoms with Crippen LogP contribution in [0.5, 0.6) is 0 Å². The molecule has 0 radical (unpaired) electrons. The molecule has 0 atom stereocenters. The summed E-state index contributed by atoms with van der Waals surface area (Å²) in [4.78, 5) is 0. The van der Waals surface area contributed by atoms with Gasteiger partial charge in [0.25, 0.3) is 0 Å². The first kappa shape index (κ1) is 111. The van der Waals surface area contributed by atoms with E-state index < -0.39 is 10.4 Å². The number of rotatable bonds is 0. The zero-order valence-electron chi connectivity index (χ0n) is 6.75. The van der Waals surface area contributed by atoms with Crippen molar-refractivity contribution in [1.82, 2.24) is 6.15 Å². The molecule has 0 aliphatic rings. The van der Waals surface area contributed by atoms with Gasteiger partial charge in [0, 0.05) is 10.4 Å². The summed E-state index contributed by atoms with van der Waals surface area (Å²) in [7, 11) is -5.17. The quantitative estimate of drug-likeness (QED) is 0.258. The van der Waals surface area contributed by atoms with Crippen molar-refractivity contribution >= 4 is 10.4 Å². The van der Waals surface area contributed by atoms with Crippen molar-refractivity contribution in [1.29, 1.82) is 0 Å². The summed E-state index contributed by atoms with van der Waals surface area (Å²) in [5.41, 5.74) is 0. The molecular formula is H16NO10SZn+. The second kappa shape index (κ2) is 39.8. The van der Waals surface area contributed by atoms with E-state index in [1.54, 1.807) is 0 Å². The Bertz CT molecular complexity index is 98.1. The molecule has 0 aromatic heterocycles. The minimum atomic E-state index is -5.17. The van der Waals surface area contributed by atoms with Crippen LogP contribution in [0.1, 0.15) is 0 Å². The largest absolute Gasteiger partial charge is 2.00 e. The van der Waals surface area contributed by atoms with Gasteiger partial charge in [0.2, 0.25) is 0 Å². The predicted octanol–water partition coefficient (Wildman–Crippen LogP) is -5.91. The summed E-state index contributed by atoms with van der Waals surface area (Å²) in [6.45, 7) is 0. The smallest absolute Gasteiger partial charge is 0.759 e. The molecule has 0 spiro atoms. The van der Waals surface area contributed by atoms with E-state index in [0.29, 0.717) is 0 Å². The monoisotopic (exact) mass is 286 g/mol. The maximum absolute atomic E-state index is 8.52. The van der Waals surface area contributed by atoms with Gasteiger partial charge < -0.3 is 48.1 Å². The van der Waals surface area contributed by atoms with Crippen LogP contribution in [-0.4, -0.2) is 50.4 Å². The average molecular weight is 288 g/mol. The third kappa shape index (κ3) is 28000. The van der Waals surface area contributed by atoms with Crippen molar-refractivity contribution in [2.24, 2.45) is 0 Å². The van der Waals surface area contributed by atoms with Crippen LogP contribution in [0.2, 0.25) is 0 Å². The van der Waals surface area contributed by atoms with Gasteiger partial charge in [-0.1, -0.05) is 0 Å². The van der Waals surface area contributed by atoms with E-state index in [2.05, 4.69) is 0 Å². The molecule has 13 heavy (non-hydrogen) atoms. The molecule has 16 N–H and O–H groups in total. The van der Waals surface area contributed by atoms with Crippen molar-refractivity contribution < 1.29 is 69.9 Å². The number of hydrogen-bond donors (Lipinski definition) is 1. The fourth-order valence-electron chi connectivity index (χ4n) is 0. The van der Waals surface area contributed by atoms with Gasteiger partial charge in [0.15, 0.2) is 0 Å². The Balaban J connectivity index is -0.00000000286. The Labute approximate surface area is 86.9 Å². The summed E-state index contributed by atoms with van der Waals surface area (Å²) in [5, 5.41) is 0. The number of hydrogen-bond acceptors (Lipinski definition) is 4. The molecule has 0 heterocycles. The van der Waals surface area contributed by atoms with Gasteiger partial charge in [-0.25, -0.2) is 0 Å². The standard InChI is InChI=1S/H3N.H2O4S.6H2O.Zn/c;1-5(2,3)4;;;;;;;/h1H3;(H2,1,2,3,4);6*1H2;/q;;;;;;;;+2/p-1. The van der Waals surface area contributed by atoms with Crippen LogP contribution in [0.3, 0.4) is 0 Å². The SMILES string of the molecule is O.O.O.O.O.O.O=S(=O)([O-])[O-].[NH4+].[Zn+2]. The van der Waals surface area contributed by atoms with Gasteiger partial charge in [-0.3, -0.25) is 8.42 Å². The Morgan fingerprint density at radius 1 is 0.692 bits per heavy atom. The first-order valence-electron chi connectivity index (χ1n) is 0.667. The molecular weight excluding hydrogens is 271 g/mol. The van der Waals surface area contributed by atoms with E-state index in [0.717, 1.165) is 0 Å². The van der Waals surface area contributed by atoms with Crippen molar-refractivity contribution in [2.45, 2.75) is 0 Å². The molecule has 0 amide bonds. The summed E-state index contributed by atoms with van der Waals surface area (Å²) in [5.74, 6) is 0. The molecule has 11 nitrogen and oxygen atoms in total. The molecule has 0 rings (SSSR count). The van der Waals surface area contributed by atoms with Gasteiger partial charge in [0.05, 0.1) is 0 Å². The maximum atomic E-state index is 8.52. The van der Waals surface area contributed by atoms with Crippen LogP contribution in [0.25, 0.3) is 0 Å². The molecule has 0 aromatic carbocycles. The van der Waals surface area contributed by atoms with Crippen molar-refractivity contribution in [2.75, 3.05) is 0 Å². The summed E-state index contributed by atoms with van der Waals surface area (Å²) >= 11 is 0.